The van der Waals surface area contributed by atoms with Gasteiger partial charge in [-0.2, -0.15) is 0 Å². The Morgan fingerprint density at radius 3 is 2.50 bits per heavy atom. The first-order chi connectivity index (χ1) is 14.6. The number of hydrogen-bond acceptors (Lipinski definition) is 3. The number of carbonyl (C=O) groups excluding carboxylic acids is 1. The minimum atomic E-state index is -0.306. The Kier molecular flexibility index (Phi) is 4.56. The van der Waals surface area contributed by atoms with Crippen molar-refractivity contribution in [2.24, 2.45) is 0 Å². The van der Waals surface area contributed by atoms with Crippen molar-refractivity contribution in [3.8, 4) is 0 Å². The first-order valence-electron chi connectivity index (χ1n) is 10.2. The van der Waals surface area contributed by atoms with Crippen LogP contribution in [0.5, 0.6) is 0 Å². The molecule has 0 radical (unpaired) electrons. The zero-order valence-corrected chi connectivity index (χ0v) is 17.9. The zero-order chi connectivity index (χ0) is 20.7. The van der Waals surface area contributed by atoms with Crippen LogP contribution in [-0.4, -0.2) is 12.8 Å². The largest absolute Gasteiger partial charge is 0.347 e. The van der Waals surface area contributed by atoms with Crippen molar-refractivity contribution >= 4 is 33.6 Å². The van der Waals surface area contributed by atoms with Gasteiger partial charge >= 0.3 is 0 Å². The number of fused-ring (bicyclic) bond motifs is 3. The maximum absolute atomic E-state index is 13.1. The number of nitrogens with zero attached hydrogens (tertiary/aromatic N) is 1. The summed E-state index contributed by atoms with van der Waals surface area (Å²) < 4.78 is 0. The molecule has 4 aromatic rings. The first-order valence-corrected chi connectivity index (χ1v) is 11.1. The molecule has 0 saturated carbocycles. The molecule has 0 spiro atoms. The molecule has 1 aliphatic rings. The van der Waals surface area contributed by atoms with E-state index in [4.69, 9.17) is 0 Å². The third-order valence-electron chi connectivity index (χ3n) is 6.18. The van der Waals surface area contributed by atoms with Gasteiger partial charge in [0.1, 0.15) is 0 Å². The molecule has 3 aromatic carbocycles. The smallest absolute Gasteiger partial charge is 0.197 e. The van der Waals surface area contributed by atoms with Gasteiger partial charge in [0, 0.05) is 29.9 Å². The van der Waals surface area contributed by atoms with E-state index >= 15 is 0 Å². The summed E-state index contributed by atoms with van der Waals surface area (Å²) in [6.45, 7) is 2.28. The lowest BCUT2D eigenvalue weighted by atomic mass is 9.74. The van der Waals surface area contributed by atoms with Crippen molar-refractivity contribution in [3.63, 3.8) is 0 Å². The standard InChI is InChI=1S/C27H23NOS/c1-27(18-19-9-4-3-5-10-19)25(17-23(29)24-13-8-16-30-24)28(2)22-15-14-20-11-6-7-12-21(20)26(22)27/h3-17H,18H2,1-2H3. The molecule has 30 heavy (non-hydrogen) atoms. The Balaban J connectivity index is 1.73. The van der Waals surface area contributed by atoms with Crippen LogP contribution in [0.1, 0.15) is 27.7 Å². The highest BCUT2D eigenvalue weighted by Crippen LogP contribution is 2.51. The van der Waals surface area contributed by atoms with Gasteiger partial charge in [0.05, 0.1) is 4.88 Å². The molecule has 0 bridgehead atoms. The molecule has 2 nitrogen and oxygen atoms in total. The normalized spacial score (nSPS) is 19.4. The van der Waals surface area contributed by atoms with Crippen LogP contribution in [0.3, 0.4) is 0 Å². The highest BCUT2D eigenvalue weighted by Gasteiger charge is 2.44. The summed E-state index contributed by atoms with van der Waals surface area (Å²) >= 11 is 1.49. The molecule has 0 saturated heterocycles. The van der Waals surface area contributed by atoms with Crippen molar-refractivity contribution in [2.45, 2.75) is 18.8 Å². The molecule has 2 heterocycles. The maximum atomic E-state index is 13.1. The Hall–Kier alpha value is -3.17. The van der Waals surface area contributed by atoms with Crippen molar-refractivity contribution in [1.82, 2.24) is 0 Å². The van der Waals surface area contributed by atoms with Crippen molar-refractivity contribution in [1.29, 1.82) is 0 Å². The number of anilines is 1. The number of allylic oxidation sites excluding steroid dienone is 2. The van der Waals surface area contributed by atoms with Crippen LogP contribution < -0.4 is 4.90 Å². The van der Waals surface area contributed by atoms with E-state index in [0.29, 0.717) is 0 Å². The van der Waals surface area contributed by atoms with E-state index in [1.807, 2.05) is 29.7 Å². The monoisotopic (exact) mass is 409 g/mol. The molecule has 1 aliphatic heterocycles. The number of hydrogen-bond donors (Lipinski definition) is 0. The molecular formula is C27H23NOS. The Labute approximate surface area is 181 Å². The second-order valence-corrected chi connectivity index (χ2v) is 9.05. The predicted octanol–water partition coefficient (Wildman–Crippen LogP) is 6.62. The van der Waals surface area contributed by atoms with Gasteiger partial charge in [0.2, 0.25) is 0 Å². The predicted molar refractivity (Wildman–Crippen MR) is 127 cm³/mol. The van der Waals surface area contributed by atoms with Crippen LogP contribution in [-0.2, 0) is 11.8 Å². The first kappa shape index (κ1) is 18.8. The van der Waals surface area contributed by atoms with Crippen LogP contribution in [0.4, 0.5) is 5.69 Å². The van der Waals surface area contributed by atoms with Crippen LogP contribution in [0.15, 0.2) is 96.0 Å². The molecule has 148 valence electrons. The van der Waals surface area contributed by atoms with Gasteiger partial charge in [-0.25, -0.2) is 0 Å². The quantitative estimate of drug-likeness (QED) is 0.279. The van der Waals surface area contributed by atoms with Crippen LogP contribution in [0.2, 0.25) is 0 Å². The molecule has 0 aliphatic carbocycles. The van der Waals surface area contributed by atoms with Crippen LogP contribution >= 0.6 is 11.3 Å². The van der Waals surface area contributed by atoms with E-state index in [1.54, 1.807) is 0 Å². The number of ketones is 1. The van der Waals surface area contributed by atoms with Gasteiger partial charge in [-0.1, -0.05) is 66.7 Å². The maximum Gasteiger partial charge on any atom is 0.197 e. The van der Waals surface area contributed by atoms with E-state index in [0.717, 1.165) is 17.0 Å². The fourth-order valence-corrected chi connectivity index (χ4v) is 5.44. The number of rotatable bonds is 4. The van der Waals surface area contributed by atoms with E-state index in [1.165, 1.54) is 38.9 Å². The van der Waals surface area contributed by atoms with E-state index in [2.05, 4.69) is 79.5 Å². The van der Waals surface area contributed by atoms with Crippen molar-refractivity contribution in [3.05, 3.63) is 112 Å². The van der Waals surface area contributed by atoms with Gasteiger partial charge in [0.15, 0.2) is 5.78 Å². The number of likely N-dealkylation sites (N-methyl/N-ethyl adjacent to an activating group) is 1. The molecule has 1 unspecified atom stereocenters. The lowest BCUT2D eigenvalue weighted by Crippen LogP contribution is -2.29. The summed E-state index contributed by atoms with van der Waals surface area (Å²) in [5, 5.41) is 4.44. The number of benzene rings is 3. The number of thiophene rings is 1. The summed E-state index contributed by atoms with van der Waals surface area (Å²) in [4.78, 5) is 16.1. The molecule has 0 amide bonds. The van der Waals surface area contributed by atoms with Crippen LogP contribution in [0.25, 0.3) is 10.8 Å². The van der Waals surface area contributed by atoms with E-state index < -0.39 is 0 Å². The second-order valence-electron chi connectivity index (χ2n) is 8.11. The van der Waals surface area contributed by atoms with Gasteiger partial charge < -0.3 is 4.90 Å². The van der Waals surface area contributed by atoms with Gasteiger partial charge in [-0.3, -0.25) is 4.79 Å². The lowest BCUT2D eigenvalue weighted by molar-refractivity contribution is 0.104. The third kappa shape index (κ3) is 2.98. The Morgan fingerprint density at radius 2 is 1.73 bits per heavy atom. The van der Waals surface area contributed by atoms with Crippen molar-refractivity contribution < 1.29 is 4.79 Å². The second kappa shape index (κ2) is 7.26. The average molecular weight is 410 g/mol. The fourth-order valence-electron chi connectivity index (χ4n) is 4.80. The Morgan fingerprint density at radius 1 is 0.967 bits per heavy atom. The van der Waals surface area contributed by atoms with E-state index in [9.17, 15) is 4.79 Å². The Bertz CT molecular complexity index is 1260. The number of carbonyl (C=O) groups is 1. The minimum Gasteiger partial charge on any atom is -0.347 e. The summed E-state index contributed by atoms with van der Waals surface area (Å²) in [6.07, 6.45) is 2.69. The molecular weight excluding hydrogens is 386 g/mol. The van der Waals surface area contributed by atoms with Gasteiger partial charge in [-0.05, 0) is 52.8 Å². The van der Waals surface area contributed by atoms with Crippen LogP contribution in [0, 0.1) is 0 Å². The summed E-state index contributed by atoms with van der Waals surface area (Å²) in [6, 6.07) is 27.3. The third-order valence-corrected chi connectivity index (χ3v) is 7.06. The average Bonchev–Trinajstić information content (AvgIpc) is 3.37. The minimum absolute atomic E-state index is 0.0725. The van der Waals surface area contributed by atoms with Gasteiger partial charge in [-0.15, -0.1) is 11.3 Å². The zero-order valence-electron chi connectivity index (χ0n) is 17.1. The molecule has 3 heteroatoms. The SMILES string of the molecule is CN1C(=CC(=O)c2cccs2)C(C)(Cc2ccccc2)c2c1ccc1ccccc21. The molecule has 0 fully saturated rings. The fraction of sp³-hybridized carbons (Fsp3) is 0.148. The molecule has 0 N–H and O–H groups in total. The summed E-state index contributed by atoms with van der Waals surface area (Å²) in [7, 11) is 2.08. The topological polar surface area (TPSA) is 20.3 Å². The van der Waals surface area contributed by atoms with Crippen molar-refractivity contribution in [2.75, 3.05) is 11.9 Å². The molecule has 1 aromatic heterocycles. The molecule has 1 atom stereocenters. The lowest BCUT2D eigenvalue weighted by Gasteiger charge is -2.29. The highest BCUT2D eigenvalue weighted by molar-refractivity contribution is 7.12. The van der Waals surface area contributed by atoms with Gasteiger partial charge in [0.25, 0.3) is 0 Å². The summed E-state index contributed by atoms with van der Waals surface area (Å²) in [5.41, 5.74) is 4.49. The summed E-state index contributed by atoms with van der Waals surface area (Å²) in [5.74, 6) is 0.0725. The molecule has 5 rings (SSSR count). The van der Waals surface area contributed by atoms with E-state index in [-0.39, 0.29) is 11.2 Å². The highest BCUT2D eigenvalue weighted by atomic mass is 32.1.